The molecule has 0 spiro atoms. The molecule has 1 aromatic rings. The van der Waals surface area contributed by atoms with E-state index in [0.717, 1.165) is 10.7 Å². The van der Waals surface area contributed by atoms with E-state index in [-0.39, 0.29) is 12.6 Å². The summed E-state index contributed by atoms with van der Waals surface area (Å²) in [5, 5.41) is 15.6. The van der Waals surface area contributed by atoms with E-state index in [1.165, 1.54) is 12.8 Å². The number of hydrogen-bond donors (Lipinski definition) is 2. The molecule has 1 atom stereocenters. The minimum absolute atomic E-state index is 0.0393. The molecule has 0 saturated heterocycles. The van der Waals surface area contributed by atoms with Crippen LogP contribution in [0.25, 0.3) is 0 Å². The minimum atomic E-state index is 0.0393. The maximum absolute atomic E-state index is 9.17. The zero-order valence-electron chi connectivity index (χ0n) is 7.66. The Morgan fingerprint density at radius 2 is 2.54 bits per heavy atom. The quantitative estimate of drug-likeness (QED) is 0.765. The number of aryl methyl sites for hydroxylation is 1. The average Bonchev–Trinajstić information content (AvgIpc) is 2.84. The molecule has 0 aliphatic heterocycles. The number of nitrogens with zero attached hydrogens (tertiary/aromatic N) is 1. The molecule has 2 N–H and O–H groups in total. The first-order valence-corrected chi connectivity index (χ1v) is 5.46. The van der Waals surface area contributed by atoms with Gasteiger partial charge < -0.3 is 10.4 Å². The second kappa shape index (κ2) is 3.74. The topological polar surface area (TPSA) is 45.2 Å². The highest BCUT2D eigenvalue weighted by molar-refractivity contribution is 7.09. The summed E-state index contributed by atoms with van der Waals surface area (Å²) in [6.45, 7) is 2.12. The van der Waals surface area contributed by atoms with Gasteiger partial charge >= 0.3 is 0 Å². The van der Waals surface area contributed by atoms with Gasteiger partial charge in [-0.3, -0.25) is 0 Å². The van der Waals surface area contributed by atoms with Crippen molar-refractivity contribution in [3.05, 3.63) is 16.1 Å². The number of aliphatic hydroxyl groups is 1. The lowest BCUT2D eigenvalue weighted by molar-refractivity contribution is 0.241. The van der Waals surface area contributed by atoms with Crippen LogP contribution >= 0.6 is 11.3 Å². The standard InChI is InChI=1S/C9H14N2OS/c1-6-10-9(5-13-6)8(4-12)11-7-2-3-7/h5,7-8,11-12H,2-4H2,1H3. The van der Waals surface area contributed by atoms with Gasteiger partial charge in [0.25, 0.3) is 0 Å². The molecule has 2 rings (SSSR count). The van der Waals surface area contributed by atoms with Crippen LogP contribution in [-0.2, 0) is 0 Å². The fourth-order valence-corrected chi connectivity index (χ4v) is 1.97. The number of rotatable bonds is 4. The van der Waals surface area contributed by atoms with Crippen LogP contribution in [0, 0.1) is 6.92 Å². The van der Waals surface area contributed by atoms with Crippen LogP contribution in [0.4, 0.5) is 0 Å². The van der Waals surface area contributed by atoms with Crippen LogP contribution < -0.4 is 5.32 Å². The van der Waals surface area contributed by atoms with Crippen molar-refractivity contribution in [2.45, 2.75) is 31.8 Å². The van der Waals surface area contributed by atoms with E-state index in [1.807, 2.05) is 12.3 Å². The monoisotopic (exact) mass is 198 g/mol. The number of hydrogen-bond acceptors (Lipinski definition) is 4. The van der Waals surface area contributed by atoms with Crippen LogP contribution in [0.2, 0.25) is 0 Å². The van der Waals surface area contributed by atoms with Crippen LogP contribution in [-0.4, -0.2) is 22.7 Å². The van der Waals surface area contributed by atoms with E-state index in [0.29, 0.717) is 6.04 Å². The van der Waals surface area contributed by atoms with Crippen LogP contribution in [0.3, 0.4) is 0 Å². The second-order valence-corrected chi connectivity index (χ2v) is 4.53. The Labute approximate surface area is 81.8 Å². The van der Waals surface area contributed by atoms with E-state index in [4.69, 9.17) is 5.11 Å². The summed E-state index contributed by atoms with van der Waals surface area (Å²) < 4.78 is 0. The molecule has 1 heterocycles. The van der Waals surface area contributed by atoms with Crippen LogP contribution in [0.5, 0.6) is 0 Å². The molecule has 0 radical (unpaired) electrons. The summed E-state index contributed by atoms with van der Waals surface area (Å²) in [6.07, 6.45) is 2.47. The first-order valence-electron chi connectivity index (χ1n) is 4.58. The molecule has 1 aliphatic carbocycles. The average molecular weight is 198 g/mol. The third-order valence-corrected chi connectivity index (χ3v) is 2.98. The lowest BCUT2D eigenvalue weighted by Crippen LogP contribution is -2.26. The van der Waals surface area contributed by atoms with Crippen LogP contribution in [0.15, 0.2) is 5.38 Å². The fraction of sp³-hybridized carbons (Fsp3) is 0.667. The Hall–Kier alpha value is -0.450. The third-order valence-electron chi connectivity index (χ3n) is 2.19. The molecule has 1 aliphatic rings. The van der Waals surface area contributed by atoms with Crippen molar-refractivity contribution in [1.82, 2.24) is 10.3 Å². The Kier molecular flexibility index (Phi) is 2.62. The van der Waals surface area contributed by atoms with Gasteiger partial charge in [-0.25, -0.2) is 4.98 Å². The van der Waals surface area contributed by atoms with Gasteiger partial charge in [0.2, 0.25) is 0 Å². The molecule has 0 amide bonds. The van der Waals surface area contributed by atoms with Crippen molar-refractivity contribution in [2.24, 2.45) is 0 Å². The molecular formula is C9H14N2OS. The van der Waals surface area contributed by atoms with E-state index < -0.39 is 0 Å². The maximum Gasteiger partial charge on any atom is 0.0898 e. The van der Waals surface area contributed by atoms with Crippen molar-refractivity contribution in [3.63, 3.8) is 0 Å². The highest BCUT2D eigenvalue weighted by atomic mass is 32.1. The van der Waals surface area contributed by atoms with Gasteiger partial charge in [-0.2, -0.15) is 0 Å². The Morgan fingerprint density at radius 1 is 1.77 bits per heavy atom. The van der Waals surface area contributed by atoms with Gasteiger partial charge in [0, 0.05) is 11.4 Å². The smallest absolute Gasteiger partial charge is 0.0898 e. The molecular weight excluding hydrogens is 184 g/mol. The molecule has 4 heteroatoms. The molecule has 1 fully saturated rings. The Bertz CT molecular complexity index is 283. The molecule has 1 aromatic heterocycles. The number of aliphatic hydroxyl groups excluding tert-OH is 1. The summed E-state index contributed by atoms with van der Waals surface area (Å²) in [7, 11) is 0. The van der Waals surface area contributed by atoms with E-state index in [9.17, 15) is 0 Å². The summed E-state index contributed by atoms with van der Waals surface area (Å²) in [6, 6.07) is 0.650. The highest BCUT2D eigenvalue weighted by Crippen LogP contribution is 2.24. The second-order valence-electron chi connectivity index (χ2n) is 3.47. The largest absolute Gasteiger partial charge is 0.394 e. The number of aromatic nitrogens is 1. The van der Waals surface area contributed by atoms with Gasteiger partial charge in [-0.15, -0.1) is 11.3 Å². The SMILES string of the molecule is Cc1nc(C(CO)NC2CC2)cs1. The van der Waals surface area contributed by atoms with Crippen LogP contribution in [0.1, 0.15) is 29.6 Å². The van der Waals surface area contributed by atoms with E-state index >= 15 is 0 Å². The third kappa shape index (κ3) is 2.27. The summed E-state index contributed by atoms with van der Waals surface area (Å²) in [5.74, 6) is 0. The first kappa shape index (κ1) is 9.12. The molecule has 0 aromatic carbocycles. The molecule has 1 unspecified atom stereocenters. The lowest BCUT2D eigenvalue weighted by atomic mass is 10.2. The zero-order valence-corrected chi connectivity index (χ0v) is 8.47. The normalized spacial score (nSPS) is 18.9. The summed E-state index contributed by atoms with van der Waals surface area (Å²) in [4.78, 5) is 4.36. The minimum Gasteiger partial charge on any atom is -0.394 e. The van der Waals surface area contributed by atoms with Gasteiger partial charge in [-0.1, -0.05) is 0 Å². The number of nitrogens with one attached hydrogen (secondary N) is 1. The zero-order chi connectivity index (χ0) is 9.26. The van der Waals surface area contributed by atoms with Crippen molar-refractivity contribution in [2.75, 3.05) is 6.61 Å². The first-order chi connectivity index (χ1) is 6.29. The molecule has 72 valence electrons. The highest BCUT2D eigenvalue weighted by Gasteiger charge is 2.25. The molecule has 0 bridgehead atoms. The Morgan fingerprint density at radius 3 is 3.00 bits per heavy atom. The van der Waals surface area contributed by atoms with Crippen molar-refractivity contribution < 1.29 is 5.11 Å². The number of thiazole rings is 1. The van der Waals surface area contributed by atoms with Crippen molar-refractivity contribution >= 4 is 11.3 Å². The summed E-state index contributed by atoms with van der Waals surface area (Å²) >= 11 is 1.63. The van der Waals surface area contributed by atoms with Gasteiger partial charge in [0.15, 0.2) is 0 Å². The molecule has 3 nitrogen and oxygen atoms in total. The van der Waals surface area contributed by atoms with Crippen molar-refractivity contribution in [1.29, 1.82) is 0 Å². The van der Waals surface area contributed by atoms with Crippen molar-refractivity contribution in [3.8, 4) is 0 Å². The lowest BCUT2D eigenvalue weighted by Gasteiger charge is -2.12. The van der Waals surface area contributed by atoms with Gasteiger partial charge in [0.05, 0.1) is 23.4 Å². The predicted octanol–water partition coefficient (Wildman–Crippen LogP) is 1.24. The molecule has 1 saturated carbocycles. The Balaban J connectivity index is 2.01. The maximum atomic E-state index is 9.17. The van der Waals surface area contributed by atoms with Gasteiger partial charge in [-0.05, 0) is 19.8 Å². The summed E-state index contributed by atoms with van der Waals surface area (Å²) in [5.41, 5.74) is 0.983. The fourth-order valence-electron chi connectivity index (χ4n) is 1.31. The predicted molar refractivity (Wildman–Crippen MR) is 52.8 cm³/mol. The van der Waals surface area contributed by atoms with E-state index in [1.54, 1.807) is 11.3 Å². The van der Waals surface area contributed by atoms with Gasteiger partial charge in [0.1, 0.15) is 0 Å². The van der Waals surface area contributed by atoms with E-state index in [2.05, 4.69) is 10.3 Å². The molecule has 13 heavy (non-hydrogen) atoms.